The van der Waals surface area contributed by atoms with E-state index in [0.29, 0.717) is 6.54 Å². The van der Waals surface area contributed by atoms with Crippen molar-refractivity contribution in [3.05, 3.63) is 41.5 Å². The van der Waals surface area contributed by atoms with Crippen molar-refractivity contribution in [1.29, 1.82) is 0 Å². The van der Waals surface area contributed by atoms with Gasteiger partial charge in [-0.1, -0.05) is 18.2 Å². The zero-order valence-electron chi connectivity index (χ0n) is 11.9. The van der Waals surface area contributed by atoms with Crippen LogP contribution in [0.5, 0.6) is 0 Å². The van der Waals surface area contributed by atoms with Gasteiger partial charge in [-0.3, -0.25) is 9.89 Å². The largest absolute Gasteiger partial charge is 0.481 e. The Hall–Kier alpha value is -2.37. The van der Waals surface area contributed by atoms with Crippen molar-refractivity contribution in [3.63, 3.8) is 0 Å². The lowest BCUT2D eigenvalue weighted by molar-refractivity contribution is -0.137. The highest BCUT2D eigenvalue weighted by molar-refractivity contribution is 5.69. The molecule has 1 aromatic carbocycles. The summed E-state index contributed by atoms with van der Waals surface area (Å²) in [6.45, 7) is 3.34. The highest BCUT2D eigenvalue weighted by Crippen LogP contribution is 2.37. The number of fused-ring (bicyclic) bond motifs is 1. The van der Waals surface area contributed by atoms with E-state index in [-0.39, 0.29) is 12.3 Å². The quantitative estimate of drug-likeness (QED) is 0.899. The van der Waals surface area contributed by atoms with Crippen LogP contribution in [0.15, 0.2) is 24.3 Å². The topological polar surface area (TPSA) is 82.1 Å². The summed E-state index contributed by atoms with van der Waals surface area (Å²) in [5.74, 6) is 0.912. The highest BCUT2D eigenvalue weighted by atomic mass is 16.4. The third-order valence-electron chi connectivity index (χ3n) is 3.86. The molecule has 21 heavy (non-hydrogen) atoms. The average molecular weight is 286 g/mol. The van der Waals surface area contributed by atoms with Crippen molar-refractivity contribution in [2.45, 2.75) is 32.2 Å². The van der Waals surface area contributed by atoms with Gasteiger partial charge in [-0.15, -0.1) is 0 Å². The molecule has 2 heterocycles. The molecule has 2 aromatic rings. The standard InChI is InChI=1S/C15H18N4O2/c1-10-16-14(18-17-10)9-19-7-6-11(8-15(20)21)12-4-2-3-5-13(12)19/h2-5,11H,6-9H2,1H3,(H,20,21)(H,16,17,18). The van der Waals surface area contributed by atoms with Crippen LogP contribution in [0.25, 0.3) is 0 Å². The fourth-order valence-corrected chi connectivity index (χ4v) is 2.93. The SMILES string of the molecule is Cc1nc(CN2CCC(CC(=O)O)c3ccccc32)n[nH]1. The summed E-state index contributed by atoms with van der Waals surface area (Å²) in [7, 11) is 0. The number of carboxylic acid groups (broad SMARTS) is 1. The molecule has 0 radical (unpaired) electrons. The fraction of sp³-hybridized carbons (Fsp3) is 0.400. The van der Waals surface area contributed by atoms with Gasteiger partial charge in [-0.2, -0.15) is 5.10 Å². The first-order valence-corrected chi connectivity index (χ1v) is 7.07. The lowest BCUT2D eigenvalue weighted by Crippen LogP contribution is -2.31. The number of H-pyrrole nitrogens is 1. The van der Waals surface area contributed by atoms with E-state index in [0.717, 1.165) is 35.9 Å². The number of hydrogen-bond acceptors (Lipinski definition) is 4. The molecular weight excluding hydrogens is 268 g/mol. The molecule has 0 saturated heterocycles. The van der Waals surface area contributed by atoms with E-state index in [1.54, 1.807) is 0 Å². The van der Waals surface area contributed by atoms with Gasteiger partial charge in [-0.25, -0.2) is 4.98 Å². The van der Waals surface area contributed by atoms with Crippen LogP contribution in [0, 0.1) is 6.92 Å². The second kappa shape index (κ2) is 5.55. The van der Waals surface area contributed by atoms with Crippen LogP contribution < -0.4 is 4.90 Å². The Morgan fingerprint density at radius 3 is 3.00 bits per heavy atom. The number of anilines is 1. The zero-order valence-corrected chi connectivity index (χ0v) is 11.9. The molecule has 1 aliphatic heterocycles. The number of carbonyl (C=O) groups is 1. The zero-order chi connectivity index (χ0) is 14.8. The smallest absolute Gasteiger partial charge is 0.303 e. The van der Waals surface area contributed by atoms with E-state index in [1.165, 1.54) is 0 Å². The third kappa shape index (κ3) is 2.89. The number of carboxylic acids is 1. The molecular formula is C15H18N4O2. The van der Waals surface area contributed by atoms with Crippen molar-refractivity contribution in [3.8, 4) is 0 Å². The molecule has 1 aliphatic rings. The Bertz CT molecular complexity index is 653. The molecule has 6 nitrogen and oxygen atoms in total. The Balaban J connectivity index is 1.85. The summed E-state index contributed by atoms with van der Waals surface area (Å²) in [5.41, 5.74) is 2.20. The van der Waals surface area contributed by atoms with E-state index < -0.39 is 5.97 Å². The number of aliphatic carboxylic acids is 1. The maximum atomic E-state index is 11.0. The Kier molecular flexibility index (Phi) is 3.60. The maximum Gasteiger partial charge on any atom is 0.303 e. The summed E-state index contributed by atoms with van der Waals surface area (Å²) in [6.07, 6.45) is 1.03. The van der Waals surface area contributed by atoms with Gasteiger partial charge in [0.1, 0.15) is 5.82 Å². The molecule has 0 saturated carbocycles. The van der Waals surface area contributed by atoms with E-state index in [2.05, 4.69) is 20.1 Å². The van der Waals surface area contributed by atoms with Gasteiger partial charge in [0.25, 0.3) is 0 Å². The molecule has 3 rings (SSSR count). The number of rotatable bonds is 4. The summed E-state index contributed by atoms with van der Waals surface area (Å²) >= 11 is 0. The van der Waals surface area contributed by atoms with E-state index >= 15 is 0 Å². The van der Waals surface area contributed by atoms with Gasteiger partial charge >= 0.3 is 5.97 Å². The van der Waals surface area contributed by atoms with Crippen LogP contribution in [0.1, 0.15) is 36.0 Å². The van der Waals surface area contributed by atoms with Crippen LogP contribution in [0.4, 0.5) is 5.69 Å². The summed E-state index contributed by atoms with van der Waals surface area (Å²) in [4.78, 5) is 17.6. The van der Waals surface area contributed by atoms with Crippen LogP contribution >= 0.6 is 0 Å². The normalized spacial score (nSPS) is 17.6. The van der Waals surface area contributed by atoms with Crippen LogP contribution in [-0.2, 0) is 11.3 Å². The minimum absolute atomic E-state index is 0.0869. The van der Waals surface area contributed by atoms with Gasteiger partial charge in [0.05, 0.1) is 13.0 Å². The van der Waals surface area contributed by atoms with E-state index in [4.69, 9.17) is 5.11 Å². The number of aromatic nitrogens is 3. The minimum atomic E-state index is -0.743. The number of aromatic amines is 1. The molecule has 0 bridgehead atoms. The number of nitrogens with zero attached hydrogens (tertiary/aromatic N) is 3. The molecule has 1 atom stereocenters. The first-order valence-electron chi connectivity index (χ1n) is 7.07. The predicted octanol–water partition coefficient (Wildman–Crippen LogP) is 2.08. The molecule has 0 amide bonds. The third-order valence-corrected chi connectivity index (χ3v) is 3.86. The minimum Gasteiger partial charge on any atom is -0.481 e. The summed E-state index contributed by atoms with van der Waals surface area (Å²) in [6, 6.07) is 8.02. The van der Waals surface area contributed by atoms with E-state index in [9.17, 15) is 4.79 Å². The average Bonchev–Trinajstić information content (AvgIpc) is 2.86. The van der Waals surface area contributed by atoms with Gasteiger partial charge < -0.3 is 10.0 Å². The molecule has 2 N–H and O–H groups in total. The van der Waals surface area contributed by atoms with Crippen LogP contribution in [0.3, 0.4) is 0 Å². The second-order valence-corrected chi connectivity index (χ2v) is 5.40. The molecule has 0 fully saturated rings. The fourth-order valence-electron chi connectivity index (χ4n) is 2.93. The monoisotopic (exact) mass is 286 g/mol. The van der Waals surface area contributed by atoms with Crippen molar-refractivity contribution >= 4 is 11.7 Å². The summed E-state index contributed by atoms with van der Waals surface area (Å²) < 4.78 is 0. The van der Waals surface area contributed by atoms with Gasteiger partial charge in [0.2, 0.25) is 0 Å². The van der Waals surface area contributed by atoms with Crippen molar-refractivity contribution in [1.82, 2.24) is 15.2 Å². The van der Waals surface area contributed by atoms with Gasteiger partial charge in [0, 0.05) is 12.2 Å². The molecule has 0 aliphatic carbocycles. The van der Waals surface area contributed by atoms with Crippen molar-refractivity contribution in [2.75, 3.05) is 11.4 Å². The molecule has 110 valence electrons. The maximum absolute atomic E-state index is 11.0. The Labute approximate surface area is 122 Å². The van der Waals surface area contributed by atoms with Crippen LogP contribution in [-0.4, -0.2) is 32.8 Å². The number of nitrogens with one attached hydrogen (secondary N) is 1. The Morgan fingerprint density at radius 1 is 1.48 bits per heavy atom. The predicted molar refractivity (Wildman–Crippen MR) is 78.2 cm³/mol. The number of benzene rings is 1. The number of aryl methyl sites for hydroxylation is 1. The first-order chi connectivity index (χ1) is 10.1. The number of hydrogen-bond donors (Lipinski definition) is 2. The Morgan fingerprint density at radius 2 is 2.29 bits per heavy atom. The van der Waals surface area contributed by atoms with Gasteiger partial charge in [0.15, 0.2) is 5.82 Å². The lowest BCUT2D eigenvalue weighted by Gasteiger charge is -2.34. The molecule has 0 spiro atoms. The first kappa shape index (κ1) is 13.6. The molecule has 1 unspecified atom stereocenters. The van der Waals surface area contributed by atoms with Crippen molar-refractivity contribution in [2.24, 2.45) is 0 Å². The second-order valence-electron chi connectivity index (χ2n) is 5.40. The summed E-state index contributed by atoms with van der Waals surface area (Å²) in [5, 5.41) is 16.1. The van der Waals surface area contributed by atoms with Crippen LogP contribution in [0.2, 0.25) is 0 Å². The van der Waals surface area contributed by atoms with E-state index in [1.807, 2.05) is 31.2 Å². The van der Waals surface area contributed by atoms with Crippen molar-refractivity contribution < 1.29 is 9.90 Å². The number of para-hydroxylation sites is 1. The van der Waals surface area contributed by atoms with Gasteiger partial charge in [-0.05, 0) is 30.9 Å². The lowest BCUT2D eigenvalue weighted by atomic mass is 9.87. The molecule has 1 aromatic heterocycles. The highest BCUT2D eigenvalue weighted by Gasteiger charge is 2.26. The molecule has 6 heteroatoms.